The summed E-state index contributed by atoms with van der Waals surface area (Å²) in [4.78, 5) is 30.3. The van der Waals surface area contributed by atoms with Gasteiger partial charge in [0.25, 0.3) is 0 Å². The van der Waals surface area contributed by atoms with Crippen molar-refractivity contribution in [2.24, 2.45) is 5.92 Å². The fraction of sp³-hybridized carbons (Fsp3) is 0.261. The number of amides is 1. The topological polar surface area (TPSA) is 90.7 Å². The van der Waals surface area contributed by atoms with Crippen molar-refractivity contribution in [3.8, 4) is 0 Å². The first-order valence-electron chi connectivity index (χ1n) is 9.93. The minimum Gasteiger partial charge on any atom is -0.478 e. The molecule has 4 rings (SSSR count). The number of rotatable bonds is 8. The summed E-state index contributed by atoms with van der Waals surface area (Å²) >= 11 is 7.56. The zero-order chi connectivity index (χ0) is 22.0. The third-order valence-corrected chi connectivity index (χ3v) is 6.53. The highest BCUT2D eigenvalue weighted by Gasteiger charge is 2.37. The molecule has 1 aliphatic rings. The van der Waals surface area contributed by atoms with Gasteiger partial charge in [-0.1, -0.05) is 35.9 Å². The second-order valence-electron chi connectivity index (χ2n) is 7.57. The van der Waals surface area contributed by atoms with E-state index < -0.39 is 24.0 Å². The molecule has 8 heteroatoms. The van der Waals surface area contributed by atoms with Gasteiger partial charge in [0.1, 0.15) is 17.2 Å². The average molecular weight is 457 g/mol. The Morgan fingerprint density at radius 3 is 2.65 bits per heavy atom. The van der Waals surface area contributed by atoms with Gasteiger partial charge in [0.15, 0.2) is 0 Å². The Bertz CT molecular complexity index is 1110. The lowest BCUT2D eigenvalue weighted by Gasteiger charge is -2.33. The van der Waals surface area contributed by atoms with Crippen LogP contribution in [0.3, 0.4) is 0 Å². The lowest BCUT2D eigenvalue weighted by atomic mass is 10.0. The summed E-state index contributed by atoms with van der Waals surface area (Å²) in [5, 5.41) is 21.4. The third-order valence-electron chi connectivity index (χ3n) is 5.19. The van der Waals surface area contributed by atoms with Gasteiger partial charge < -0.3 is 15.1 Å². The Hall–Kier alpha value is -2.74. The molecule has 6 nitrogen and oxygen atoms in total. The first-order valence-corrected chi connectivity index (χ1v) is 11.1. The van der Waals surface area contributed by atoms with E-state index in [1.807, 2.05) is 24.3 Å². The molecule has 2 N–H and O–H groups in total. The Labute approximate surface area is 188 Å². The van der Waals surface area contributed by atoms with Gasteiger partial charge in [-0.2, -0.15) is 0 Å². The van der Waals surface area contributed by atoms with E-state index in [-0.39, 0.29) is 0 Å². The molecule has 1 heterocycles. The van der Waals surface area contributed by atoms with Crippen LogP contribution in [-0.2, 0) is 9.59 Å². The molecule has 1 fully saturated rings. The fourth-order valence-electron chi connectivity index (χ4n) is 3.49. The maximum absolute atomic E-state index is 13.1. The first-order chi connectivity index (χ1) is 14.9. The van der Waals surface area contributed by atoms with Crippen molar-refractivity contribution < 1.29 is 19.8 Å². The van der Waals surface area contributed by atoms with Crippen LogP contribution < -0.4 is 0 Å². The van der Waals surface area contributed by atoms with Crippen LogP contribution in [-0.4, -0.2) is 38.5 Å². The Balaban J connectivity index is 1.80. The van der Waals surface area contributed by atoms with Crippen LogP contribution in [0.5, 0.6) is 0 Å². The van der Waals surface area contributed by atoms with E-state index in [2.05, 4.69) is 0 Å². The van der Waals surface area contributed by atoms with Gasteiger partial charge in [-0.15, -0.1) is 11.3 Å². The molecule has 0 radical (unpaired) electrons. The number of aliphatic carboxylic acids is 1. The number of aliphatic hydroxyl groups is 1. The fourth-order valence-corrected chi connectivity index (χ4v) is 4.80. The largest absolute Gasteiger partial charge is 0.478 e. The van der Waals surface area contributed by atoms with Gasteiger partial charge in [0.2, 0.25) is 5.91 Å². The van der Waals surface area contributed by atoms with E-state index in [1.165, 1.54) is 11.3 Å². The molecule has 0 saturated heterocycles. The number of carbonyl (C=O) groups is 2. The predicted octanol–water partition coefficient (Wildman–Crippen LogP) is 4.60. The number of carboxylic acid groups (broad SMARTS) is 1. The van der Waals surface area contributed by atoms with Crippen LogP contribution in [0, 0.1) is 5.92 Å². The Morgan fingerprint density at radius 1 is 1.19 bits per heavy atom. The number of thiazole rings is 1. The van der Waals surface area contributed by atoms with Crippen LogP contribution >= 0.6 is 22.9 Å². The molecule has 1 saturated carbocycles. The molecule has 2 atom stereocenters. The van der Waals surface area contributed by atoms with E-state index >= 15 is 0 Å². The molecule has 0 unspecified atom stereocenters. The number of hydrogen-bond acceptors (Lipinski definition) is 5. The second-order valence-corrected chi connectivity index (χ2v) is 9.07. The maximum atomic E-state index is 13.1. The van der Waals surface area contributed by atoms with Gasteiger partial charge in [-0.3, -0.25) is 4.79 Å². The van der Waals surface area contributed by atoms with Crippen molar-refractivity contribution in [1.82, 2.24) is 9.88 Å². The van der Waals surface area contributed by atoms with Crippen molar-refractivity contribution in [2.45, 2.75) is 25.0 Å². The van der Waals surface area contributed by atoms with Gasteiger partial charge in [0, 0.05) is 23.7 Å². The summed E-state index contributed by atoms with van der Waals surface area (Å²) in [6.07, 6.45) is 2.76. The monoisotopic (exact) mass is 456 g/mol. The summed E-state index contributed by atoms with van der Waals surface area (Å²) in [5.41, 5.74) is 1.35. The highest BCUT2D eigenvalue weighted by molar-refractivity contribution is 7.18. The minimum absolute atomic E-state index is 0.325. The number of aliphatic hydroxyl groups excluding tert-OH is 1. The number of carbonyl (C=O) groups excluding carboxylic acids is 1. The SMILES string of the molecule is O=C(O)C=CC(=O)N(CC1CC1)[C@H](c1nc2ccccc2s1)[C@H](O)c1cccc(Cl)c1. The number of halogens is 1. The van der Waals surface area contributed by atoms with Crippen LogP contribution in [0.1, 0.15) is 35.6 Å². The molecule has 1 aliphatic carbocycles. The molecule has 1 aromatic heterocycles. The number of para-hydroxylation sites is 1. The van der Waals surface area contributed by atoms with Crippen LogP contribution in [0.2, 0.25) is 5.02 Å². The number of hydrogen-bond donors (Lipinski definition) is 2. The summed E-state index contributed by atoms with van der Waals surface area (Å²) in [6.45, 7) is 0.418. The molecule has 0 bridgehead atoms. The third kappa shape index (κ3) is 5.12. The van der Waals surface area contributed by atoms with Crippen LogP contribution in [0.4, 0.5) is 0 Å². The van der Waals surface area contributed by atoms with Crippen molar-refractivity contribution in [3.63, 3.8) is 0 Å². The molecule has 0 aliphatic heterocycles. The van der Waals surface area contributed by atoms with Crippen molar-refractivity contribution in [3.05, 3.63) is 76.3 Å². The molecule has 31 heavy (non-hydrogen) atoms. The normalized spacial score (nSPS) is 15.8. The lowest BCUT2D eigenvalue weighted by molar-refractivity contribution is -0.134. The van der Waals surface area contributed by atoms with E-state index in [9.17, 15) is 14.7 Å². The van der Waals surface area contributed by atoms with Gasteiger partial charge >= 0.3 is 5.97 Å². The predicted molar refractivity (Wildman–Crippen MR) is 120 cm³/mol. The number of fused-ring (bicyclic) bond motifs is 1. The van der Waals surface area contributed by atoms with Gasteiger partial charge in [0.05, 0.1) is 10.2 Å². The Kier molecular flexibility index (Phi) is 6.36. The number of aromatic nitrogens is 1. The highest BCUT2D eigenvalue weighted by Crippen LogP contribution is 2.41. The van der Waals surface area contributed by atoms with E-state index in [1.54, 1.807) is 29.2 Å². The summed E-state index contributed by atoms with van der Waals surface area (Å²) in [7, 11) is 0. The van der Waals surface area contributed by atoms with Crippen molar-refractivity contribution in [1.29, 1.82) is 0 Å². The number of nitrogens with zero attached hydrogens (tertiary/aromatic N) is 2. The first kappa shape index (κ1) is 21.5. The molecule has 3 aromatic rings. The van der Waals surface area contributed by atoms with Crippen LogP contribution in [0.15, 0.2) is 60.7 Å². The molecule has 1 amide bonds. The summed E-state index contributed by atoms with van der Waals surface area (Å²) in [5.74, 6) is -1.35. The molecular weight excluding hydrogens is 436 g/mol. The molecule has 2 aromatic carbocycles. The smallest absolute Gasteiger partial charge is 0.328 e. The summed E-state index contributed by atoms with van der Waals surface area (Å²) in [6, 6.07) is 13.7. The van der Waals surface area contributed by atoms with E-state index in [0.717, 1.165) is 35.2 Å². The quantitative estimate of drug-likeness (QED) is 0.483. The zero-order valence-corrected chi connectivity index (χ0v) is 18.1. The van der Waals surface area contributed by atoms with E-state index in [0.29, 0.717) is 28.1 Å². The van der Waals surface area contributed by atoms with Gasteiger partial charge in [-0.05, 0) is 48.6 Å². The summed E-state index contributed by atoms with van der Waals surface area (Å²) < 4.78 is 0.945. The standard InChI is InChI=1S/C23H21ClN2O4S/c24-16-5-3-4-15(12-16)22(30)21(23-25-17-6-1-2-7-18(17)31-23)26(13-14-8-9-14)19(27)10-11-20(28)29/h1-7,10-12,14,21-22,30H,8-9,13H2,(H,28,29)/t21-,22+/m0/s1. The maximum Gasteiger partial charge on any atom is 0.328 e. The lowest BCUT2D eigenvalue weighted by Crippen LogP contribution is -2.38. The van der Waals surface area contributed by atoms with Crippen LogP contribution in [0.25, 0.3) is 10.2 Å². The van der Waals surface area contributed by atoms with Crippen molar-refractivity contribution >= 4 is 45.0 Å². The van der Waals surface area contributed by atoms with Gasteiger partial charge in [-0.25, -0.2) is 9.78 Å². The van der Waals surface area contributed by atoms with E-state index in [4.69, 9.17) is 21.7 Å². The zero-order valence-electron chi connectivity index (χ0n) is 16.5. The molecular formula is C23H21ClN2O4S. The number of carboxylic acids is 1. The Morgan fingerprint density at radius 2 is 1.97 bits per heavy atom. The molecule has 160 valence electrons. The second kappa shape index (κ2) is 9.18. The number of benzene rings is 2. The minimum atomic E-state index is -1.20. The van der Waals surface area contributed by atoms with Crippen molar-refractivity contribution in [2.75, 3.05) is 6.54 Å². The highest BCUT2D eigenvalue weighted by atomic mass is 35.5. The average Bonchev–Trinajstić information content (AvgIpc) is 3.47. The molecule has 0 spiro atoms.